The van der Waals surface area contributed by atoms with Crippen molar-refractivity contribution in [3.05, 3.63) is 70.5 Å². The number of fused-ring (bicyclic) bond motifs is 1. The number of nitrogens with one attached hydrogen (secondary N) is 1. The van der Waals surface area contributed by atoms with Crippen LogP contribution in [0.2, 0.25) is 0 Å². The summed E-state index contributed by atoms with van der Waals surface area (Å²) in [4.78, 5) is 16.8. The summed E-state index contributed by atoms with van der Waals surface area (Å²) >= 11 is 0. The molecular weight excluding hydrogens is 330 g/mol. The maximum Gasteiger partial charge on any atom is 0.257 e. The van der Waals surface area contributed by atoms with Gasteiger partial charge in [0.15, 0.2) is 5.82 Å². The molecule has 0 spiro atoms. The molecule has 0 fully saturated rings. The van der Waals surface area contributed by atoms with Crippen LogP contribution in [0.15, 0.2) is 47.0 Å². The smallest absolute Gasteiger partial charge is 0.257 e. The number of nitrogens with zero attached hydrogens (tertiary/aromatic N) is 2. The van der Waals surface area contributed by atoms with Crippen molar-refractivity contribution in [2.45, 2.75) is 32.4 Å². The van der Waals surface area contributed by atoms with Gasteiger partial charge in [-0.05, 0) is 60.7 Å². The van der Waals surface area contributed by atoms with Gasteiger partial charge in [-0.2, -0.15) is 4.98 Å². The molecule has 0 saturated heterocycles. The van der Waals surface area contributed by atoms with Gasteiger partial charge in [0.05, 0.1) is 12.6 Å². The van der Waals surface area contributed by atoms with Gasteiger partial charge in [0.2, 0.25) is 0 Å². The van der Waals surface area contributed by atoms with Crippen LogP contribution < -0.4 is 5.32 Å². The molecule has 1 heterocycles. The predicted molar refractivity (Wildman–Crippen MR) is 95.4 cm³/mol. The lowest BCUT2D eigenvalue weighted by molar-refractivity contribution is 0.0936. The lowest BCUT2D eigenvalue weighted by Crippen LogP contribution is -2.27. The quantitative estimate of drug-likeness (QED) is 0.756. The SMILES string of the molecule is Cc1noc(-c2ccc3c(c2)CCC3NC(=O)c2cccc(CO)c2)n1. The van der Waals surface area contributed by atoms with Crippen LogP contribution in [0, 0.1) is 6.92 Å². The molecule has 2 N–H and O–H groups in total. The van der Waals surface area contributed by atoms with Crippen LogP contribution in [0.25, 0.3) is 11.5 Å². The minimum absolute atomic E-state index is 0.0197. The number of benzene rings is 2. The Kier molecular flexibility index (Phi) is 4.26. The Balaban J connectivity index is 1.53. The van der Waals surface area contributed by atoms with Crippen LogP contribution in [-0.4, -0.2) is 21.2 Å². The molecule has 0 radical (unpaired) electrons. The fraction of sp³-hybridized carbons (Fsp3) is 0.250. The number of carbonyl (C=O) groups excluding carboxylic acids is 1. The number of rotatable bonds is 4. The van der Waals surface area contributed by atoms with Gasteiger partial charge in [0, 0.05) is 11.1 Å². The third kappa shape index (κ3) is 3.11. The van der Waals surface area contributed by atoms with Crippen molar-refractivity contribution < 1.29 is 14.4 Å². The van der Waals surface area contributed by atoms with Crippen molar-refractivity contribution >= 4 is 5.91 Å². The first-order chi connectivity index (χ1) is 12.6. The molecule has 1 unspecified atom stereocenters. The van der Waals surface area contributed by atoms with Gasteiger partial charge in [-0.15, -0.1) is 0 Å². The minimum atomic E-state index is -0.130. The van der Waals surface area contributed by atoms with E-state index in [1.807, 2.05) is 12.1 Å². The molecule has 1 aliphatic carbocycles. The summed E-state index contributed by atoms with van der Waals surface area (Å²) in [6.07, 6.45) is 1.74. The van der Waals surface area contributed by atoms with Gasteiger partial charge in [0.1, 0.15) is 0 Å². The number of aliphatic hydroxyl groups excluding tert-OH is 1. The molecule has 0 aliphatic heterocycles. The third-order valence-corrected chi connectivity index (χ3v) is 4.67. The van der Waals surface area contributed by atoms with E-state index < -0.39 is 0 Å². The fourth-order valence-corrected chi connectivity index (χ4v) is 3.37. The van der Waals surface area contributed by atoms with Gasteiger partial charge in [0.25, 0.3) is 11.8 Å². The Morgan fingerprint density at radius 3 is 2.96 bits per heavy atom. The van der Waals surface area contributed by atoms with Gasteiger partial charge in [-0.1, -0.05) is 23.4 Å². The average Bonchev–Trinajstić information content (AvgIpc) is 3.28. The Hall–Kier alpha value is -2.99. The second kappa shape index (κ2) is 6.72. The normalized spacial score (nSPS) is 15.7. The average molecular weight is 349 g/mol. The zero-order valence-corrected chi connectivity index (χ0v) is 14.4. The van der Waals surface area contributed by atoms with Crippen molar-refractivity contribution in [2.24, 2.45) is 0 Å². The highest BCUT2D eigenvalue weighted by Gasteiger charge is 2.25. The van der Waals surface area contributed by atoms with Gasteiger partial charge < -0.3 is 14.9 Å². The maximum atomic E-state index is 12.5. The van der Waals surface area contributed by atoms with E-state index in [0.29, 0.717) is 17.3 Å². The molecule has 1 aliphatic rings. The topological polar surface area (TPSA) is 88.2 Å². The lowest BCUT2D eigenvalue weighted by atomic mass is 10.0. The van der Waals surface area contributed by atoms with Crippen molar-refractivity contribution in [1.82, 2.24) is 15.5 Å². The molecule has 4 rings (SSSR count). The second-order valence-electron chi connectivity index (χ2n) is 6.48. The fourth-order valence-electron chi connectivity index (χ4n) is 3.37. The zero-order chi connectivity index (χ0) is 18.1. The summed E-state index contributed by atoms with van der Waals surface area (Å²) in [5, 5.41) is 16.2. The molecule has 2 aromatic carbocycles. The summed E-state index contributed by atoms with van der Waals surface area (Å²) in [6.45, 7) is 1.71. The molecule has 132 valence electrons. The minimum Gasteiger partial charge on any atom is -0.392 e. The summed E-state index contributed by atoms with van der Waals surface area (Å²) < 4.78 is 5.23. The van der Waals surface area contributed by atoms with E-state index >= 15 is 0 Å². The van der Waals surface area contributed by atoms with E-state index in [2.05, 4.69) is 21.5 Å². The van der Waals surface area contributed by atoms with Crippen molar-refractivity contribution in [1.29, 1.82) is 0 Å². The highest BCUT2D eigenvalue weighted by atomic mass is 16.5. The zero-order valence-electron chi connectivity index (χ0n) is 14.4. The van der Waals surface area contributed by atoms with Crippen molar-refractivity contribution in [3.8, 4) is 11.5 Å². The molecule has 0 saturated carbocycles. The monoisotopic (exact) mass is 349 g/mol. The molecule has 1 amide bonds. The highest BCUT2D eigenvalue weighted by molar-refractivity contribution is 5.94. The Labute approximate surface area is 150 Å². The molecular formula is C20H19N3O3. The van der Waals surface area contributed by atoms with Crippen LogP contribution in [0.4, 0.5) is 0 Å². The first-order valence-corrected chi connectivity index (χ1v) is 8.58. The number of aromatic nitrogens is 2. The Bertz CT molecular complexity index is 964. The lowest BCUT2D eigenvalue weighted by Gasteiger charge is -2.15. The summed E-state index contributed by atoms with van der Waals surface area (Å²) in [5.41, 5.74) is 4.49. The van der Waals surface area contributed by atoms with Crippen molar-refractivity contribution in [2.75, 3.05) is 0 Å². The van der Waals surface area contributed by atoms with E-state index in [9.17, 15) is 9.90 Å². The summed E-state index contributed by atoms with van der Waals surface area (Å²) in [7, 11) is 0. The summed E-state index contributed by atoms with van der Waals surface area (Å²) in [6, 6.07) is 13.0. The van der Waals surface area contributed by atoms with Gasteiger partial charge >= 0.3 is 0 Å². The van der Waals surface area contributed by atoms with E-state index in [-0.39, 0.29) is 18.6 Å². The van der Waals surface area contributed by atoms with E-state index in [1.165, 1.54) is 5.56 Å². The highest BCUT2D eigenvalue weighted by Crippen LogP contribution is 2.34. The molecule has 26 heavy (non-hydrogen) atoms. The number of amides is 1. The summed E-state index contributed by atoms with van der Waals surface area (Å²) in [5.74, 6) is 0.990. The third-order valence-electron chi connectivity index (χ3n) is 4.67. The molecule has 1 aromatic heterocycles. The first-order valence-electron chi connectivity index (χ1n) is 8.58. The molecule has 3 aromatic rings. The largest absolute Gasteiger partial charge is 0.392 e. The van der Waals surface area contributed by atoms with Crippen LogP contribution >= 0.6 is 0 Å². The van der Waals surface area contributed by atoms with Crippen LogP contribution in [-0.2, 0) is 13.0 Å². The number of aliphatic hydroxyl groups is 1. The van der Waals surface area contributed by atoms with E-state index in [0.717, 1.165) is 29.5 Å². The number of carbonyl (C=O) groups is 1. The predicted octanol–water partition coefficient (Wildman–Crippen LogP) is 2.95. The van der Waals surface area contributed by atoms with Gasteiger partial charge in [-0.25, -0.2) is 0 Å². The number of aryl methyl sites for hydroxylation is 2. The number of hydrogen-bond acceptors (Lipinski definition) is 5. The number of hydrogen-bond donors (Lipinski definition) is 2. The van der Waals surface area contributed by atoms with Gasteiger partial charge in [-0.3, -0.25) is 4.79 Å². The standard InChI is InChI=1S/C20H19N3O3/c1-12-21-20(26-23-12)16-5-7-17-14(10-16)6-8-18(17)22-19(25)15-4-2-3-13(9-15)11-24/h2-5,7,9-10,18,24H,6,8,11H2,1H3,(H,22,25). The molecule has 1 atom stereocenters. The second-order valence-corrected chi connectivity index (χ2v) is 6.48. The maximum absolute atomic E-state index is 12.5. The van der Waals surface area contributed by atoms with E-state index in [1.54, 1.807) is 31.2 Å². The Morgan fingerprint density at radius 2 is 2.19 bits per heavy atom. The first kappa shape index (κ1) is 16.5. The Morgan fingerprint density at radius 1 is 1.31 bits per heavy atom. The molecule has 0 bridgehead atoms. The van der Waals surface area contributed by atoms with Crippen LogP contribution in [0.3, 0.4) is 0 Å². The molecule has 6 heteroatoms. The van der Waals surface area contributed by atoms with Crippen LogP contribution in [0.5, 0.6) is 0 Å². The van der Waals surface area contributed by atoms with Crippen LogP contribution in [0.1, 0.15) is 45.3 Å². The van der Waals surface area contributed by atoms with E-state index in [4.69, 9.17) is 4.52 Å². The van der Waals surface area contributed by atoms with Crippen molar-refractivity contribution in [3.63, 3.8) is 0 Å². The molecule has 6 nitrogen and oxygen atoms in total.